The van der Waals surface area contributed by atoms with Gasteiger partial charge in [0.25, 0.3) is 0 Å². The summed E-state index contributed by atoms with van der Waals surface area (Å²) < 4.78 is 0. The molecule has 0 bridgehead atoms. The molecule has 2 fully saturated rings. The first kappa shape index (κ1) is 12.7. The Kier molecular flexibility index (Phi) is 3.40. The molecule has 0 aromatic heterocycles. The number of rotatable bonds is 3. The van der Waals surface area contributed by atoms with Crippen LogP contribution in [0.25, 0.3) is 0 Å². The first-order valence-corrected chi connectivity index (χ1v) is 6.06. The van der Waals surface area contributed by atoms with Crippen LogP contribution in [0.1, 0.15) is 25.7 Å². The number of nitrogens with zero attached hydrogens (tertiary/aromatic N) is 1. The van der Waals surface area contributed by atoms with E-state index in [0.29, 0.717) is 25.9 Å². The molecule has 1 saturated carbocycles. The lowest BCUT2D eigenvalue weighted by Gasteiger charge is -2.43. The SMILES string of the molecule is O=C(O)CC1(NC(=O)N2CCNC(=O)C2)CCC1. The van der Waals surface area contributed by atoms with Gasteiger partial charge in [0.15, 0.2) is 0 Å². The van der Waals surface area contributed by atoms with Gasteiger partial charge in [-0.3, -0.25) is 9.59 Å². The lowest BCUT2D eigenvalue weighted by atomic mass is 9.74. The second-order valence-corrected chi connectivity index (χ2v) is 4.91. The summed E-state index contributed by atoms with van der Waals surface area (Å²) in [6.45, 7) is 0.938. The highest BCUT2D eigenvalue weighted by Gasteiger charge is 2.41. The van der Waals surface area contributed by atoms with Gasteiger partial charge < -0.3 is 20.6 Å². The molecule has 0 aromatic carbocycles. The summed E-state index contributed by atoms with van der Waals surface area (Å²) in [5.41, 5.74) is -0.614. The Morgan fingerprint density at radius 1 is 1.44 bits per heavy atom. The van der Waals surface area contributed by atoms with Gasteiger partial charge in [-0.1, -0.05) is 0 Å². The first-order valence-electron chi connectivity index (χ1n) is 6.06. The standard InChI is InChI=1S/C11H17N3O4/c15-8-7-14(5-4-12-8)10(18)13-11(2-1-3-11)6-9(16)17/h1-7H2,(H,12,15)(H,13,18)(H,16,17). The van der Waals surface area contributed by atoms with Gasteiger partial charge in [-0.15, -0.1) is 0 Å². The minimum absolute atomic E-state index is 0.0367. The zero-order valence-electron chi connectivity index (χ0n) is 10.1. The van der Waals surface area contributed by atoms with Crippen LogP contribution < -0.4 is 10.6 Å². The number of hydrogen-bond donors (Lipinski definition) is 3. The summed E-state index contributed by atoms with van der Waals surface area (Å²) in [6, 6.07) is -0.342. The molecule has 0 unspecified atom stereocenters. The summed E-state index contributed by atoms with van der Waals surface area (Å²) in [7, 11) is 0. The molecule has 1 heterocycles. The van der Waals surface area contributed by atoms with Crippen LogP contribution in [0.15, 0.2) is 0 Å². The number of aliphatic carboxylic acids is 1. The van der Waals surface area contributed by atoms with E-state index >= 15 is 0 Å². The van der Waals surface area contributed by atoms with Gasteiger partial charge in [-0.05, 0) is 19.3 Å². The fourth-order valence-electron chi connectivity index (χ4n) is 2.36. The van der Waals surface area contributed by atoms with E-state index in [0.717, 1.165) is 6.42 Å². The normalized spacial score (nSPS) is 21.8. The van der Waals surface area contributed by atoms with Crippen molar-refractivity contribution in [2.75, 3.05) is 19.6 Å². The van der Waals surface area contributed by atoms with Crippen LogP contribution in [0.4, 0.5) is 4.79 Å². The number of piperazine rings is 1. The van der Waals surface area contributed by atoms with Gasteiger partial charge in [-0.2, -0.15) is 0 Å². The van der Waals surface area contributed by atoms with Crippen LogP contribution in [0.2, 0.25) is 0 Å². The third-order valence-corrected chi connectivity index (χ3v) is 3.50. The molecule has 3 amide bonds. The number of carboxylic acid groups (broad SMARTS) is 1. The van der Waals surface area contributed by atoms with Crippen LogP contribution in [-0.2, 0) is 9.59 Å². The maximum absolute atomic E-state index is 12.0. The van der Waals surface area contributed by atoms with Gasteiger partial charge >= 0.3 is 12.0 Å². The minimum atomic E-state index is -0.911. The molecule has 1 aliphatic carbocycles. The van der Waals surface area contributed by atoms with Crippen molar-refractivity contribution >= 4 is 17.9 Å². The third kappa shape index (κ3) is 2.72. The zero-order valence-corrected chi connectivity index (χ0v) is 10.1. The van der Waals surface area contributed by atoms with E-state index in [1.165, 1.54) is 4.90 Å². The summed E-state index contributed by atoms with van der Waals surface area (Å²) >= 11 is 0. The van der Waals surface area contributed by atoms with Crippen LogP contribution in [0.3, 0.4) is 0 Å². The fourth-order valence-corrected chi connectivity index (χ4v) is 2.36. The molecule has 0 radical (unpaired) electrons. The maximum Gasteiger partial charge on any atom is 0.318 e. The highest BCUT2D eigenvalue weighted by molar-refractivity contribution is 5.85. The fraction of sp³-hybridized carbons (Fsp3) is 0.727. The molecule has 0 spiro atoms. The molecule has 1 saturated heterocycles. The van der Waals surface area contributed by atoms with Gasteiger partial charge in [0.2, 0.25) is 5.91 Å². The van der Waals surface area contributed by atoms with Gasteiger partial charge in [0.1, 0.15) is 6.54 Å². The first-order chi connectivity index (χ1) is 8.51. The smallest absolute Gasteiger partial charge is 0.318 e. The lowest BCUT2D eigenvalue weighted by Crippen LogP contribution is -2.61. The highest BCUT2D eigenvalue weighted by Crippen LogP contribution is 2.35. The molecule has 3 N–H and O–H groups in total. The molecular formula is C11H17N3O4. The molecule has 0 atom stereocenters. The summed E-state index contributed by atoms with van der Waals surface area (Å²) in [5.74, 6) is -1.09. The van der Waals surface area contributed by atoms with Crippen molar-refractivity contribution in [3.05, 3.63) is 0 Å². The monoisotopic (exact) mass is 255 g/mol. The third-order valence-electron chi connectivity index (χ3n) is 3.50. The number of urea groups is 1. The molecule has 7 heteroatoms. The molecule has 7 nitrogen and oxygen atoms in total. The molecule has 100 valence electrons. The van der Waals surface area contributed by atoms with Crippen molar-refractivity contribution in [2.45, 2.75) is 31.2 Å². The van der Waals surface area contributed by atoms with E-state index in [9.17, 15) is 14.4 Å². The van der Waals surface area contributed by atoms with Gasteiger partial charge in [0.05, 0.1) is 12.0 Å². The molecule has 1 aliphatic heterocycles. The molecule has 0 aromatic rings. The molecular weight excluding hydrogens is 238 g/mol. The zero-order chi connectivity index (χ0) is 13.2. The molecule has 18 heavy (non-hydrogen) atoms. The number of carbonyl (C=O) groups is 3. The predicted octanol–water partition coefficient (Wildman–Crippen LogP) is -0.475. The van der Waals surface area contributed by atoms with Crippen molar-refractivity contribution in [3.63, 3.8) is 0 Å². The topological polar surface area (TPSA) is 98.7 Å². The Morgan fingerprint density at radius 3 is 2.67 bits per heavy atom. The molecule has 2 rings (SSSR count). The number of carbonyl (C=O) groups excluding carboxylic acids is 2. The predicted molar refractivity (Wildman–Crippen MR) is 61.9 cm³/mol. The van der Waals surface area contributed by atoms with Crippen molar-refractivity contribution in [1.82, 2.24) is 15.5 Å². The van der Waals surface area contributed by atoms with E-state index in [1.807, 2.05) is 0 Å². The summed E-state index contributed by atoms with van der Waals surface area (Å²) in [6.07, 6.45) is 2.24. The van der Waals surface area contributed by atoms with Crippen LogP contribution in [0, 0.1) is 0 Å². The summed E-state index contributed by atoms with van der Waals surface area (Å²) in [5, 5.41) is 14.3. The van der Waals surface area contributed by atoms with E-state index in [1.54, 1.807) is 0 Å². The largest absolute Gasteiger partial charge is 0.481 e. The maximum atomic E-state index is 12.0. The van der Waals surface area contributed by atoms with Crippen molar-refractivity contribution in [3.8, 4) is 0 Å². The van der Waals surface area contributed by atoms with Gasteiger partial charge in [-0.25, -0.2) is 4.79 Å². The molecule has 2 aliphatic rings. The Morgan fingerprint density at radius 2 is 2.17 bits per heavy atom. The van der Waals surface area contributed by atoms with Crippen LogP contribution in [0.5, 0.6) is 0 Å². The average Bonchev–Trinajstić information content (AvgIpc) is 2.25. The van der Waals surface area contributed by atoms with E-state index in [2.05, 4.69) is 10.6 Å². The van der Waals surface area contributed by atoms with E-state index in [-0.39, 0.29) is 24.9 Å². The number of amides is 3. The summed E-state index contributed by atoms with van der Waals surface area (Å²) in [4.78, 5) is 35.4. The Bertz CT molecular complexity index is 378. The minimum Gasteiger partial charge on any atom is -0.481 e. The van der Waals surface area contributed by atoms with Crippen LogP contribution in [-0.4, -0.2) is 53.1 Å². The van der Waals surface area contributed by atoms with Crippen molar-refractivity contribution in [1.29, 1.82) is 0 Å². The average molecular weight is 255 g/mol. The van der Waals surface area contributed by atoms with Gasteiger partial charge in [0, 0.05) is 13.1 Å². The second-order valence-electron chi connectivity index (χ2n) is 4.91. The lowest BCUT2D eigenvalue weighted by molar-refractivity contribution is -0.139. The Hall–Kier alpha value is -1.79. The Labute approximate surface area is 105 Å². The quantitative estimate of drug-likeness (QED) is 0.634. The number of hydrogen-bond acceptors (Lipinski definition) is 3. The number of nitrogens with one attached hydrogen (secondary N) is 2. The highest BCUT2D eigenvalue weighted by atomic mass is 16.4. The van der Waals surface area contributed by atoms with Crippen LogP contribution >= 0.6 is 0 Å². The van der Waals surface area contributed by atoms with E-state index in [4.69, 9.17) is 5.11 Å². The van der Waals surface area contributed by atoms with Crippen molar-refractivity contribution in [2.24, 2.45) is 0 Å². The Balaban J connectivity index is 1.93. The number of carboxylic acids is 1. The van der Waals surface area contributed by atoms with Crippen molar-refractivity contribution < 1.29 is 19.5 Å². The second kappa shape index (κ2) is 4.83. The van der Waals surface area contributed by atoms with E-state index < -0.39 is 11.5 Å².